The molecule has 0 fully saturated rings. The van der Waals surface area contributed by atoms with Crippen LogP contribution in [0.3, 0.4) is 0 Å². The zero-order chi connectivity index (χ0) is 17.9. The van der Waals surface area contributed by atoms with Gasteiger partial charge in [-0.25, -0.2) is 8.42 Å². The summed E-state index contributed by atoms with van der Waals surface area (Å²) in [7, 11) is -3.49. The molecule has 0 bridgehead atoms. The number of hydrogen-bond donors (Lipinski definition) is 0. The Balaban J connectivity index is 2.04. The number of esters is 1. The molecule has 0 spiro atoms. The summed E-state index contributed by atoms with van der Waals surface area (Å²) in [6.45, 7) is 7.59. The van der Waals surface area contributed by atoms with E-state index in [2.05, 4.69) is 0 Å². The van der Waals surface area contributed by atoms with Crippen molar-refractivity contribution in [2.75, 3.05) is 5.75 Å². The van der Waals surface area contributed by atoms with Crippen molar-refractivity contribution >= 4 is 15.8 Å². The highest BCUT2D eigenvalue weighted by Gasteiger charge is 2.18. The summed E-state index contributed by atoms with van der Waals surface area (Å²) >= 11 is 0. The van der Waals surface area contributed by atoms with Gasteiger partial charge in [-0.1, -0.05) is 35.4 Å². The van der Waals surface area contributed by atoms with Crippen LogP contribution in [0.2, 0.25) is 0 Å². The van der Waals surface area contributed by atoms with Crippen LogP contribution < -0.4 is 4.74 Å². The summed E-state index contributed by atoms with van der Waals surface area (Å²) in [5.74, 6) is -0.294. The molecule has 0 aromatic heterocycles. The molecule has 128 valence electrons. The molecule has 0 aliphatic rings. The molecule has 5 heteroatoms. The standard InChI is InChI=1S/C19H22O4S/c1-13-5-7-17(8-6-13)24(21,22)10-9-18(20)23-19-15(3)11-14(2)12-16(19)4/h5-8,11-12H,9-10H2,1-4H3. The lowest BCUT2D eigenvalue weighted by molar-refractivity contribution is -0.134. The topological polar surface area (TPSA) is 60.4 Å². The highest BCUT2D eigenvalue weighted by atomic mass is 32.2. The van der Waals surface area contributed by atoms with Crippen LogP contribution in [-0.4, -0.2) is 20.1 Å². The van der Waals surface area contributed by atoms with Crippen molar-refractivity contribution in [1.82, 2.24) is 0 Å². The van der Waals surface area contributed by atoms with Crippen LogP contribution in [0.5, 0.6) is 5.75 Å². The Bertz CT molecular complexity index is 826. The van der Waals surface area contributed by atoms with Gasteiger partial charge in [-0.15, -0.1) is 0 Å². The lowest BCUT2D eigenvalue weighted by Gasteiger charge is -2.11. The van der Waals surface area contributed by atoms with E-state index in [1.54, 1.807) is 24.3 Å². The van der Waals surface area contributed by atoms with Gasteiger partial charge in [-0.05, 0) is 51.0 Å². The van der Waals surface area contributed by atoms with Crippen molar-refractivity contribution < 1.29 is 17.9 Å². The van der Waals surface area contributed by atoms with E-state index in [0.717, 1.165) is 22.3 Å². The smallest absolute Gasteiger partial charge is 0.312 e. The Hall–Kier alpha value is -2.14. The van der Waals surface area contributed by atoms with E-state index in [9.17, 15) is 13.2 Å². The van der Waals surface area contributed by atoms with Gasteiger partial charge in [0.05, 0.1) is 17.1 Å². The maximum Gasteiger partial charge on any atom is 0.312 e. The minimum atomic E-state index is -3.49. The van der Waals surface area contributed by atoms with Crippen LogP contribution in [0.4, 0.5) is 0 Å². The molecule has 2 aromatic rings. The fourth-order valence-corrected chi connectivity index (χ4v) is 3.80. The van der Waals surface area contributed by atoms with Gasteiger partial charge in [0, 0.05) is 0 Å². The average molecular weight is 346 g/mol. The third-order valence-corrected chi connectivity index (χ3v) is 5.51. The number of aryl methyl sites for hydroxylation is 4. The van der Waals surface area contributed by atoms with E-state index < -0.39 is 15.8 Å². The molecule has 0 saturated carbocycles. The van der Waals surface area contributed by atoms with E-state index in [4.69, 9.17) is 4.74 Å². The Labute approximate surface area is 143 Å². The molecule has 2 rings (SSSR count). The predicted octanol–water partition coefficient (Wildman–Crippen LogP) is 3.69. The molecule has 0 N–H and O–H groups in total. The first-order valence-corrected chi connectivity index (χ1v) is 9.42. The highest BCUT2D eigenvalue weighted by molar-refractivity contribution is 7.91. The summed E-state index contributed by atoms with van der Waals surface area (Å²) in [4.78, 5) is 12.3. The average Bonchev–Trinajstić information content (AvgIpc) is 2.49. The van der Waals surface area contributed by atoms with E-state index in [1.165, 1.54) is 0 Å². The second kappa shape index (κ2) is 7.18. The number of carbonyl (C=O) groups excluding carboxylic acids is 1. The van der Waals surface area contributed by atoms with Crippen molar-refractivity contribution in [3.05, 3.63) is 58.7 Å². The summed E-state index contributed by atoms with van der Waals surface area (Å²) in [6, 6.07) is 10.5. The van der Waals surface area contributed by atoms with Gasteiger partial charge in [0.25, 0.3) is 0 Å². The van der Waals surface area contributed by atoms with Gasteiger partial charge in [-0.2, -0.15) is 0 Å². The van der Waals surface area contributed by atoms with Crippen molar-refractivity contribution in [1.29, 1.82) is 0 Å². The van der Waals surface area contributed by atoms with Crippen LogP contribution in [0.15, 0.2) is 41.3 Å². The highest BCUT2D eigenvalue weighted by Crippen LogP contribution is 2.25. The molecule has 0 radical (unpaired) electrons. The second-order valence-corrected chi connectivity index (χ2v) is 8.19. The minimum Gasteiger partial charge on any atom is -0.426 e. The van der Waals surface area contributed by atoms with Gasteiger partial charge in [0.1, 0.15) is 5.75 Å². The number of sulfone groups is 1. The van der Waals surface area contributed by atoms with Crippen molar-refractivity contribution in [3.63, 3.8) is 0 Å². The lowest BCUT2D eigenvalue weighted by Crippen LogP contribution is -2.16. The van der Waals surface area contributed by atoms with Crippen LogP contribution in [0.1, 0.15) is 28.7 Å². The number of benzene rings is 2. The van der Waals surface area contributed by atoms with Crippen molar-refractivity contribution in [2.24, 2.45) is 0 Å². The van der Waals surface area contributed by atoms with Gasteiger partial charge in [-0.3, -0.25) is 4.79 Å². The Morgan fingerprint density at radius 1 is 0.917 bits per heavy atom. The van der Waals surface area contributed by atoms with Crippen LogP contribution in [-0.2, 0) is 14.6 Å². The van der Waals surface area contributed by atoms with E-state index in [-0.39, 0.29) is 17.1 Å². The Kier molecular flexibility index (Phi) is 5.44. The van der Waals surface area contributed by atoms with E-state index in [0.29, 0.717) is 5.75 Å². The number of hydrogen-bond acceptors (Lipinski definition) is 4. The first-order chi connectivity index (χ1) is 11.2. The largest absolute Gasteiger partial charge is 0.426 e. The number of rotatable bonds is 5. The van der Waals surface area contributed by atoms with Crippen LogP contribution in [0.25, 0.3) is 0 Å². The molecule has 0 amide bonds. The summed E-state index contributed by atoms with van der Waals surface area (Å²) in [6.07, 6.45) is -0.178. The summed E-state index contributed by atoms with van der Waals surface area (Å²) < 4.78 is 29.9. The first kappa shape index (κ1) is 18.2. The maximum atomic E-state index is 12.3. The normalized spacial score (nSPS) is 11.3. The summed E-state index contributed by atoms with van der Waals surface area (Å²) in [5.41, 5.74) is 3.80. The fourth-order valence-electron chi connectivity index (χ4n) is 2.57. The zero-order valence-corrected chi connectivity index (χ0v) is 15.2. The number of carbonyl (C=O) groups is 1. The molecule has 0 atom stereocenters. The molecule has 4 nitrogen and oxygen atoms in total. The quantitative estimate of drug-likeness (QED) is 0.612. The van der Waals surface area contributed by atoms with Gasteiger partial charge in [0.15, 0.2) is 9.84 Å². The van der Waals surface area contributed by atoms with E-state index >= 15 is 0 Å². The second-order valence-electron chi connectivity index (χ2n) is 6.08. The Morgan fingerprint density at radius 2 is 1.46 bits per heavy atom. The first-order valence-electron chi connectivity index (χ1n) is 7.77. The van der Waals surface area contributed by atoms with E-state index in [1.807, 2.05) is 39.8 Å². The SMILES string of the molecule is Cc1ccc(S(=O)(=O)CCC(=O)Oc2c(C)cc(C)cc2C)cc1. The molecule has 0 aliphatic heterocycles. The van der Waals surface area contributed by atoms with Crippen LogP contribution >= 0.6 is 0 Å². The molecular weight excluding hydrogens is 324 g/mol. The van der Waals surface area contributed by atoms with Crippen molar-refractivity contribution in [3.8, 4) is 5.75 Å². The minimum absolute atomic E-state index is 0.178. The van der Waals surface area contributed by atoms with Crippen LogP contribution in [0, 0.1) is 27.7 Å². The predicted molar refractivity (Wildman–Crippen MR) is 94.1 cm³/mol. The monoisotopic (exact) mass is 346 g/mol. The molecule has 2 aromatic carbocycles. The maximum absolute atomic E-state index is 12.3. The van der Waals surface area contributed by atoms with Crippen molar-refractivity contribution in [2.45, 2.75) is 39.0 Å². The number of ether oxygens (including phenoxy) is 1. The third-order valence-electron chi connectivity index (χ3n) is 3.78. The zero-order valence-electron chi connectivity index (χ0n) is 14.4. The molecular formula is C19H22O4S. The molecule has 24 heavy (non-hydrogen) atoms. The molecule has 0 saturated heterocycles. The van der Waals surface area contributed by atoms with Gasteiger partial charge < -0.3 is 4.74 Å². The molecule has 0 aliphatic carbocycles. The molecule has 0 heterocycles. The van der Waals surface area contributed by atoms with Gasteiger partial charge in [0.2, 0.25) is 0 Å². The Morgan fingerprint density at radius 3 is 2.00 bits per heavy atom. The molecule has 0 unspecified atom stereocenters. The fraction of sp³-hybridized carbons (Fsp3) is 0.316. The lowest BCUT2D eigenvalue weighted by atomic mass is 10.1. The van der Waals surface area contributed by atoms with Gasteiger partial charge >= 0.3 is 5.97 Å². The third kappa shape index (κ3) is 4.45. The summed E-state index contributed by atoms with van der Waals surface area (Å²) in [5, 5.41) is 0.